The molecule has 2 aliphatic heterocycles. The molecule has 1 N–H and O–H groups in total. The van der Waals surface area contributed by atoms with Gasteiger partial charge in [0.15, 0.2) is 0 Å². The topological polar surface area (TPSA) is 75.5 Å². The lowest BCUT2D eigenvalue weighted by atomic mass is 9.81. The van der Waals surface area contributed by atoms with Gasteiger partial charge >= 0.3 is 0 Å². The molecule has 146 valence electrons. The molecule has 4 rings (SSSR count). The van der Waals surface area contributed by atoms with E-state index >= 15 is 0 Å². The average molecular weight is 379 g/mol. The third kappa shape index (κ3) is 4.07. The van der Waals surface area contributed by atoms with Crippen molar-refractivity contribution in [3.8, 4) is 0 Å². The number of nitro benzene ring substituents is 1. The van der Waals surface area contributed by atoms with Gasteiger partial charge in [-0.2, -0.15) is 0 Å². The molecular formula is C22H25N3O3. The number of piperidine rings is 2. The Labute approximate surface area is 164 Å². The minimum Gasteiger partial charge on any atom is -0.349 e. The van der Waals surface area contributed by atoms with E-state index in [4.69, 9.17) is 0 Å². The molecule has 28 heavy (non-hydrogen) atoms. The first-order valence-corrected chi connectivity index (χ1v) is 9.95. The van der Waals surface area contributed by atoms with Crippen molar-refractivity contribution in [1.29, 1.82) is 0 Å². The van der Waals surface area contributed by atoms with Crippen molar-refractivity contribution in [2.45, 2.75) is 56.8 Å². The van der Waals surface area contributed by atoms with Crippen LogP contribution in [-0.4, -0.2) is 33.9 Å². The van der Waals surface area contributed by atoms with E-state index < -0.39 is 4.92 Å². The van der Waals surface area contributed by atoms with Gasteiger partial charge in [0.1, 0.15) is 0 Å². The predicted octanol–water partition coefficient (Wildman–Crippen LogP) is 3.91. The second-order valence-electron chi connectivity index (χ2n) is 7.84. The van der Waals surface area contributed by atoms with Gasteiger partial charge < -0.3 is 5.32 Å². The molecule has 2 heterocycles. The summed E-state index contributed by atoms with van der Waals surface area (Å²) in [6, 6.07) is 17.5. The minimum atomic E-state index is -0.453. The quantitative estimate of drug-likeness (QED) is 0.631. The maximum Gasteiger partial charge on any atom is 0.269 e. The summed E-state index contributed by atoms with van der Waals surface area (Å²) in [5, 5.41) is 13.9. The van der Waals surface area contributed by atoms with Crippen molar-refractivity contribution in [1.82, 2.24) is 10.2 Å². The van der Waals surface area contributed by atoms with Crippen molar-refractivity contribution in [3.63, 3.8) is 0 Å². The highest BCUT2D eigenvalue weighted by Gasteiger charge is 2.38. The lowest BCUT2D eigenvalue weighted by Crippen LogP contribution is -2.56. The van der Waals surface area contributed by atoms with Crippen molar-refractivity contribution in [2.24, 2.45) is 0 Å². The normalized spacial score (nSPS) is 24.5. The standard InChI is InChI=1S/C22H25N3O3/c26-22(17-9-11-19(12-10-17)25(27)28)23-18-13-20-7-4-8-21(14-18)24(20)15-16-5-2-1-3-6-16/h1-3,5-6,9-12,18,20-21H,4,7-8,13-15H2,(H,23,26)/t20-,21-/m1/s1. The first kappa shape index (κ1) is 18.6. The van der Waals surface area contributed by atoms with Gasteiger partial charge in [-0.1, -0.05) is 36.8 Å². The van der Waals surface area contributed by atoms with Gasteiger partial charge in [0.25, 0.3) is 11.6 Å². The van der Waals surface area contributed by atoms with Crippen LogP contribution in [0.1, 0.15) is 48.0 Å². The third-order valence-corrected chi connectivity index (χ3v) is 6.01. The smallest absolute Gasteiger partial charge is 0.269 e. The number of fused-ring (bicyclic) bond motifs is 2. The number of hydrogen-bond acceptors (Lipinski definition) is 4. The van der Waals surface area contributed by atoms with E-state index in [1.807, 2.05) is 6.07 Å². The summed E-state index contributed by atoms with van der Waals surface area (Å²) in [6.45, 7) is 0.971. The number of nitrogens with zero attached hydrogens (tertiary/aromatic N) is 2. The van der Waals surface area contributed by atoms with Crippen LogP contribution in [0.25, 0.3) is 0 Å². The number of non-ortho nitro benzene ring substituents is 1. The van der Waals surface area contributed by atoms with Gasteiger partial charge in [0.2, 0.25) is 0 Å². The van der Waals surface area contributed by atoms with E-state index in [0.29, 0.717) is 17.6 Å². The van der Waals surface area contributed by atoms with Crippen LogP contribution < -0.4 is 5.32 Å². The number of nitrogens with one attached hydrogen (secondary N) is 1. The fraction of sp³-hybridized carbons (Fsp3) is 0.409. The number of nitro groups is 1. The average Bonchev–Trinajstić information content (AvgIpc) is 2.69. The molecule has 6 heteroatoms. The van der Waals surface area contributed by atoms with Crippen LogP contribution in [0.5, 0.6) is 0 Å². The Bertz CT molecular complexity index is 824. The first-order valence-electron chi connectivity index (χ1n) is 9.95. The molecule has 0 unspecified atom stereocenters. The molecule has 0 aromatic heterocycles. The highest BCUT2D eigenvalue weighted by atomic mass is 16.6. The van der Waals surface area contributed by atoms with Crippen LogP contribution in [-0.2, 0) is 6.54 Å². The Kier molecular flexibility index (Phi) is 5.39. The number of benzene rings is 2. The largest absolute Gasteiger partial charge is 0.349 e. The van der Waals surface area contributed by atoms with Gasteiger partial charge in [-0.25, -0.2) is 0 Å². The molecule has 2 bridgehead atoms. The molecule has 2 aliphatic rings. The molecule has 0 radical (unpaired) electrons. The highest BCUT2D eigenvalue weighted by Crippen LogP contribution is 2.35. The summed E-state index contributed by atoms with van der Waals surface area (Å²) in [7, 11) is 0. The fourth-order valence-corrected chi connectivity index (χ4v) is 4.65. The Balaban J connectivity index is 1.39. The number of amides is 1. The number of carbonyl (C=O) groups is 1. The zero-order valence-corrected chi connectivity index (χ0v) is 15.8. The second-order valence-corrected chi connectivity index (χ2v) is 7.84. The van der Waals surface area contributed by atoms with Crippen LogP contribution in [0.4, 0.5) is 5.69 Å². The lowest BCUT2D eigenvalue weighted by molar-refractivity contribution is -0.384. The van der Waals surface area contributed by atoms with Crippen molar-refractivity contribution >= 4 is 11.6 Å². The number of rotatable bonds is 5. The van der Waals surface area contributed by atoms with E-state index in [-0.39, 0.29) is 17.6 Å². The molecule has 2 saturated heterocycles. The lowest BCUT2D eigenvalue weighted by Gasteiger charge is -2.49. The van der Waals surface area contributed by atoms with Gasteiger partial charge in [0.05, 0.1) is 4.92 Å². The Morgan fingerprint density at radius 2 is 1.68 bits per heavy atom. The van der Waals surface area contributed by atoms with Crippen LogP contribution >= 0.6 is 0 Å². The van der Waals surface area contributed by atoms with E-state index in [2.05, 4.69) is 34.5 Å². The van der Waals surface area contributed by atoms with Crippen LogP contribution in [0.15, 0.2) is 54.6 Å². The molecule has 6 nitrogen and oxygen atoms in total. The van der Waals surface area contributed by atoms with Crippen LogP contribution in [0.2, 0.25) is 0 Å². The van der Waals surface area contributed by atoms with E-state index in [1.54, 1.807) is 0 Å². The van der Waals surface area contributed by atoms with Crippen molar-refractivity contribution in [2.75, 3.05) is 0 Å². The summed E-state index contributed by atoms with van der Waals surface area (Å²) in [5.74, 6) is -0.144. The zero-order chi connectivity index (χ0) is 19.5. The summed E-state index contributed by atoms with van der Waals surface area (Å²) in [4.78, 5) is 25.5. The molecule has 0 saturated carbocycles. The minimum absolute atomic E-state index is 0.000280. The maximum atomic E-state index is 12.6. The van der Waals surface area contributed by atoms with Gasteiger partial charge in [-0.05, 0) is 43.4 Å². The number of carbonyl (C=O) groups excluding carboxylic acids is 1. The Morgan fingerprint density at radius 3 is 2.29 bits per heavy atom. The van der Waals surface area contributed by atoms with Gasteiger partial charge in [0, 0.05) is 42.4 Å². The third-order valence-electron chi connectivity index (χ3n) is 6.01. The monoisotopic (exact) mass is 379 g/mol. The molecule has 0 aliphatic carbocycles. The van der Waals surface area contributed by atoms with E-state index in [0.717, 1.165) is 19.4 Å². The molecule has 2 aromatic carbocycles. The highest BCUT2D eigenvalue weighted by molar-refractivity contribution is 5.94. The predicted molar refractivity (Wildman–Crippen MR) is 107 cm³/mol. The zero-order valence-electron chi connectivity index (χ0n) is 15.8. The molecular weight excluding hydrogens is 354 g/mol. The van der Waals surface area contributed by atoms with E-state index in [9.17, 15) is 14.9 Å². The summed E-state index contributed by atoms with van der Waals surface area (Å²) < 4.78 is 0. The second kappa shape index (κ2) is 8.10. The van der Waals surface area contributed by atoms with Gasteiger partial charge in [-0.3, -0.25) is 19.8 Å². The Hall–Kier alpha value is -2.73. The molecule has 1 amide bonds. The van der Waals surface area contributed by atoms with Crippen LogP contribution in [0, 0.1) is 10.1 Å². The summed E-state index contributed by atoms with van der Waals surface area (Å²) in [6.07, 6.45) is 5.52. The van der Waals surface area contributed by atoms with Gasteiger partial charge in [-0.15, -0.1) is 0 Å². The SMILES string of the molecule is O=C(NC1C[C@H]2CCC[C@H](C1)N2Cc1ccccc1)c1ccc([N+](=O)[O-])cc1. The van der Waals surface area contributed by atoms with Crippen LogP contribution in [0.3, 0.4) is 0 Å². The fourth-order valence-electron chi connectivity index (χ4n) is 4.65. The van der Waals surface area contributed by atoms with Crippen molar-refractivity contribution < 1.29 is 9.72 Å². The van der Waals surface area contributed by atoms with Crippen molar-refractivity contribution in [3.05, 3.63) is 75.8 Å². The molecule has 2 aromatic rings. The summed E-state index contributed by atoms with van der Waals surface area (Å²) in [5.41, 5.74) is 1.82. The maximum absolute atomic E-state index is 12.6. The first-order chi connectivity index (χ1) is 13.6. The molecule has 2 atom stereocenters. The van der Waals surface area contributed by atoms with E-state index in [1.165, 1.54) is 49.1 Å². The summed E-state index contributed by atoms with van der Waals surface area (Å²) >= 11 is 0. The molecule has 0 spiro atoms. The Morgan fingerprint density at radius 1 is 1.04 bits per heavy atom. The molecule has 2 fully saturated rings. The number of hydrogen-bond donors (Lipinski definition) is 1.